The molecular formula is C15H22N2O2S2. The van der Waals surface area contributed by atoms with Gasteiger partial charge in [0.05, 0.1) is 4.90 Å². The van der Waals surface area contributed by atoms with Crippen molar-refractivity contribution in [3.8, 4) is 0 Å². The topological polar surface area (TPSA) is 58.2 Å². The van der Waals surface area contributed by atoms with E-state index in [1.165, 1.54) is 18.4 Å². The van der Waals surface area contributed by atoms with E-state index in [4.69, 9.17) is 0 Å². The van der Waals surface area contributed by atoms with Gasteiger partial charge >= 0.3 is 0 Å². The molecule has 0 bridgehead atoms. The highest BCUT2D eigenvalue weighted by Crippen LogP contribution is 2.39. The van der Waals surface area contributed by atoms with Crippen LogP contribution in [-0.2, 0) is 23.1 Å². The van der Waals surface area contributed by atoms with Crippen LogP contribution in [0.2, 0.25) is 0 Å². The van der Waals surface area contributed by atoms with Gasteiger partial charge in [0.25, 0.3) is 0 Å². The van der Waals surface area contributed by atoms with Crippen LogP contribution < -0.4 is 10.0 Å². The summed E-state index contributed by atoms with van der Waals surface area (Å²) in [6.45, 7) is 2.12. The Hall–Kier alpha value is -0.560. The van der Waals surface area contributed by atoms with Crippen molar-refractivity contribution in [2.75, 3.05) is 12.8 Å². The van der Waals surface area contributed by atoms with Gasteiger partial charge < -0.3 is 5.32 Å². The van der Waals surface area contributed by atoms with Crippen molar-refractivity contribution in [3.05, 3.63) is 29.3 Å². The van der Waals surface area contributed by atoms with E-state index in [1.807, 2.05) is 6.07 Å². The van der Waals surface area contributed by atoms with Crippen molar-refractivity contribution in [2.24, 2.45) is 0 Å². The van der Waals surface area contributed by atoms with Crippen molar-refractivity contribution < 1.29 is 8.42 Å². The van der Waals surface area contributed by atoms with Crippen LogP contribution in [0.25, 0.3) is 0 Å². The Morgan fingerprint density at radius 3 is 2.67 bits per heavy atom. The molecule has 3 rings (SSSR count). The standard InChI is InChI=1S/C15H22N2O2S2/c1-20-15(6-2-3-7-15)11-17-21(18,19)14-5-4-12-9-16-10-13(12)8-14/h4-5,8,16-17H,2-3,6-7,9-11H2,1H3. The highest BCUT2D eigenvalue weighted by atomic mass is 32.2. The number of rotatable bonds is 5. The Kier molecular flexibility index (Phi) is 4.32. The number of thioether (sulfide) groups is 1. The van der Waals surface area contributed by atoms with Crippen LogP contribution in [0.5, 0.6) is 0 Å². The summed E-state index contributed by atoms with van der Waals surface area (Å²) in [6, 6.07) is 5.44. The highest BCUT2D eigenvalue weighted by Gasteiger charge is 2.34. The SMILES string of the molecule is CSC1(CNS(=O)(=O)c2ccc3c(c2)CNC3)CCCC1. The minimum Gasteiger partial charge on any atom is -0.309 e. The summed E-state index contributed by atoms with van der Waals surface area (Å²) in [6.07, 6.45) is 6.69. The van der Waals surface area contributed by atoms with Gasteiger partial charge in [-0.05, 0) is 42.4 Å². The molecule has 0 amide bonds. The molecule has 1 aromatic carbocycles. The second-order valence-electron chi connectivity index (χ2n) is 5.95. The van der Waals surface area contributed by atoms with Crippen molar-refractivity contribution in [1.29, 1.82) is 0 Å². The van der Waals surface area contributed by atoms with Gasteiger partial charge in [-0.25, -0.2) is 13.1 Å². The summed E-state index contributed by atoms with van der Waals surface area (Å²) in [5, 5.41) is 3.24. The molecule has 1 aromatic rings. The second kappa shape index (κ2) is 5.91. The van der Waals surface area contributed by atoms with E-state index >= 15 is 0 Å². The molecule has 1 heterocycles. The maximum atomic E-state index is 12.5. The largest absolute Gasteiger partial charge is 0.309 e. The van der Waals surface area contributed by atoms with Crippen molar-refractivity contribution in [2.45, 2.75) is 48.4 Å². The Bertz CT molecular complexity index is 623. The summed E-state index contributed by atoms with van der Waals surface area (Å²) in [4.78, 5) is 0.388. The molecule has 0 spiro atoms. The molecule has 1 aliphatic heterocycles. The fraction of sp³-hybridized carbons (Fsp3) is 0.600. The fourth-order valence-corrected chi connectivity index (χ4v) is 5.40. The Balaban J connectivity index is 1.75. The van der Waals surface area contributed by atoms with Gasteiger partial charge in [0.15, 0.2) is 0 Å². The Morgan fingerprint density at radius 2 is 1.95 bits per heavy atom. The van der Waals surface area contributed by atoms with Crippen molar-refractivity contribution >= 4 is 21.8 Å². The van der Waals surface area contributed by atoms with E-state index in [-0.39, 0.29) is 4.75 Å². The summed E-state index contributed by atoms with van der Waals surface area (Å²) in [5.41, 5.74) is 2.30. The lowest BCUT2D eigenvalue weighted by Crippen LogP contribution is -2.38. The monoisotopic (exact) mass is 326 g/mol. The molecule has 4 nitrogen and oxygen atoms in total. The quantitative estimate of drug-likeness (QED) is 0.871. The van der Waals surface area contributed by atoms with E-state index in [0.29, 0.717) is 11.4 Å². The molecule has 2 N–H and O–H groups in total. The number of hydrogen-bond acceptors (Lipinski definition) is 4. The average molecular weight is 326 g/mol. The van der Waals surface area contributed by atoms with E-state index in [0.717, 1.165) is 31.5 Å². The van der Waals surface area contributed by atoms with Gasteiger partial charge in [0.2, 0.25) is 10.0 Å². The van der Waals surface area contributed by atoms with Gasteiger partial charge in [-0.15, -0.1) is 0 Å². The van der Waals surface area contributed by atoms with Crippen LogP contribution in [0.3, 0.4) is 0 Å². The van der Waals surface area contributed by atoms with Gasteiger partial charge in [-0.1, -0.05) is 18.9 Å². The van der Waals surface area contributed by atoms with E-state index in [2.05, 4.69) is 16.3 Å². The smallest absolute Gasteiger partial charge is 0.240 e. The lowest BCUT2D eigenvalue weighted by molar-refractivity contribution is 0.551. The molecule has 0 saturated heterocycles. The molecule has 0 atom stereocenters. The molecule has 21 heavy (non-hydrogen) atoms. The minimum absolute atomic E-state index is 0.0886. The predicted molar refractivity (Wildman–Crippen MR) is 86.9 cm³/mol. The van der Waals surface area contributed by atoms with E-state index < -0.39 is 10.0 Å². The minimum atomic E-state index is -3.41. The first-order valence-corrected chi connectivity index (χ1v) is 10.1. The van der Waals surface area contributed by atoms with Crippen LogP contribution in [0, 0.1) is 0 Å². The summed E-state index contributed by atoms with van der Waals surface area (Å²) in [5.74, 6) is 0. The van der Waals surface area contributed by atoms with Gasteiger partial charge in [0.1, 0.15) is 0 Å². The van der Waals surface area contributed by atoms with Crippen LogP contribution in [0.15, 0.2) is 23.1 Å². The maximum Gasteiger partial charge on any atom is 0.240 e. The summed E-state index contributed by atoms with van der Waals surface area (Å²) in [7, 11) is -3.41. The van der Waals surface area contributed by atoms with Crippen molar-refractivity contribution in [1.82, 2.24) is 10.0 Å². The summed E-state index contributed by atoms with van der Waals surface area (Å²) < 4.78 is 27.9. The molecular weight excluding hydrogens is 304 g/mol. The van der Waals surface area contributed by atoms with Crippen molar-refractivity contribution in [3.63, 3.8) is 0 Å². The highest BCUT2D eigenvalue weighted by molar-refractivity contribution is 8.00. The third-order valence-electron chi connectivity index (χ3n) is 4.65. The molecule has 2 aliphatic rings. The van der Waals surface area contributed by atoms with Gasteiger partial charge in [-0.3, -0.25) is 0 Å². The Labute approximate surface area is 131 Å². The van der Waals surface area contributed by atoms with Gasteiger partial charge in [0, 0.05) is 24.4 Å². The van der Waals surface area contributed by atoms with E-state index in [1.54, 1.807) is 23.9 Å². The lowest BCUT2D eigenvalue weighted by Gasteiger charge is -2.26. The predicted octanol–water partition coefficient (Wildman–Crippen LogP) is 2.24. The molecule has 0 unspecified atom stereocenters. The number of hydrogen-bond donors (Lipinski definition) is 2. The third-order valence-corrected chi connectivity index (χ3v) is 7.47. The fourth-order valence-electron chi connectivity index (χ4n) is 3.22. The Morgan fingerprint density at radius 1 is 1.24 bits per heavy atom. The lowest BCUT2D eigenvalue weighted by atomic mass is 10.1. The molecule has 0 radical (unpaired) electrons. The number of sulfonamides is 1. The second-order valence-corrected chi connectivity index (χ2v) is 8.99. The molecule has 6 heteroatoms. The van der Waals surface area contributed by atoms with Gasteiger partial charge in [-0.2, -0.15) is 11.8 Å². The number of nitrogens with one attached hydrogen (secondary N) is 2. The van der Waals surface area contributed by atoms with Crippen LogP contribution in [0.1, 0.15) is 36.8 Å². The maximum absolute atomic E-state index is 12.5. The van der Waals surface area contributed by atoms with Crippen LogP contribution in [0.4, 0.5) is 0 Å². The van der Waals surface area contributed by atoms with Crippen LogP contribution in [-0.4, -0.2) is 26.0 Å². The zero-order chi connectivity index (χ0) is 14.9. The van der Waals surface area contributed by atoms with Crippen LogP contribution >= 0.6 is 11.8 Å². The molecule has 1 saturated carbocycles. The summed E-state index contributed by atoms with van der Waals surface area (Å²) >= 11 is 1.80. The average Bonchev–Trinajstić information content (AvgIpc) is 3.14. The first-order chi connectivity index (χ1) is 10.0. The van der Waals surface area contributed by atoms with E-state index in [9.17, 15) is 8.42 Å². The third kappa shape index (κ3) is 3.13. The molecule has 116 valence electrons. The molecule has 1 aliphatic carbocycles. The zero-order valence-electron chi connectivity index (χ0n) is 12.3. The normalized spacial score (nSPS) is 20.6. The number of benzene rings is 1. The zero-order valence-corrected chi connectivity index (χ0v) is 13.9. The first kappa shape index (κ1) is 15.3. The molecule has 0 aromatic heterocycles. The first-order valence-electron chi connectivity index (χ1n) is 7.42. The molecule has 1 fully saturated rings. The number of fused-ring (bicyclic) bond motifs is 1.